The number of hydrogen-bond acceptors (Lipinski definition) is 2. The summed E-state index contributed by atoms with van der Waals surface area (Å²) < 4.78 is 42.9. The number of halogens is 3. The van der Waals surface area contributed by atoms with E-state index in [1.54, 1.807) is 12.1 Å². The molecule has 0 atom stereocenters. The zero-order valence-electron chi connectivity index (χ0n) is 28.1. The van der Waals surface area contributed by atoms with E-state index in [1.807, 2.05) is 6.07 Å². The van der Waals surface area contributed by atoms with Crippen LogP contribution in [-0.2, 0) is 19.3 Å². The van der Waals surface area contributed by atoms with Crippen molar-refractivity contribution in [3.05, 3.63) is 143 Å². The van der Waals surface area contributed by atoms with E-state index in [9.17, 15) is 13.2 Å². The molecule has 8 rings (SSSR count). The number of fused-ring (bicyclic) bond motifs is 2. The van der Waals surface area contributed by atoms with E-state index < -0.39 is 11.7 Å². The first-order valence-electron chi connectivity index (χ1n) is 17.6. The van der Waals surface area contributed by atoms with E-state index in [1.165, 1.54) is 51.4 Å². The molecule has 254 valence electrons. The van der Waals surface area contributed by atoms with Crippen molar-refractivity contribution >= 4 is 21.8 Å². The van der Waals surface area contributed by atoms with Crippen LogP contribution in [0.3, 0.4) is 0 Å². The Bertz CT molecular complexity index is 1990. The van der Waals surface area contributed by atoms with Gasteiger partial charge < -0.3 is 19.8 Å². The molecule has 7 heteroatoms. The smallest absolute Gasteiger partial charge is 0.343 e. The van der Waals surface area contributed by atoms with Gasteiger partial charge >= 0.3 is 6.18 Å². The lowest BCUT2D eigenvalue weighted by Gasteiger charge is -2.22. The Morgan fingerprint density at radius 2 is 1.06 bits per heavy atom. The molecule has 0 amide bonds. The highest BCUT2D eigenvalue weighted by molar-refractivity contribution is 5.85. The molecule has 2 aliphatic rings. The van der Waals surface area contributed by atoms with Gasteiger partial charge in [0.2, 0.25) is 0 Å². The predicted octanol–water partition coefficient (Wildman–Crippen LogP) is 9.64. The molecule has 6 aromatic rings. The van der Waals surface area contributed by atoms with Gasteiger partial charge in [0.15, 0.2) is 0 Å². The summed E-state index contributed by atoms with van der Waals surface area (Å²) in [5.74, 6) is 1.23. The molecule has 0 unspecified atom stereocenters. The van der Waals surface area contributed by atoms with Crippen LogP contribution in [0.15, 0.2) is 109 Å². The van der Waals surface area contributed by atoms with Crippen LogP contribution in [0, 0.1) is 6.92 Å². The molecule has 2 saturated heterocycles. The predicted molar refractivity (Wildman–Crippen MR) is 194 cm³/mol. The quantitative estimate of drug-likeness (QED) is 0.186. The van der Waals surface area contributed by atoms with Crippen molar-refractivity contribution in [2.45, 2.75) is 63.7 Å². The highest BCUT2D eigenvalue weighted by Gasteiger charge is 2.30. The molecule has 0 saturated carbocycles. The normalized spacial score (nSPS) is 16.2. The maximum absolute atomic E-state index is 12.8. The summed E-state index contributed by atoms with van der Waals surface area (Å²) >= 11 is 0. The summed E-state index contributed by atoms with van der Waals surface area (Å²) in [6, 6.07) is 31.4. The number of alkyl halides is 3. The van der Waals surface area contributed by atoms with Crippen LogP contribution in [0.4, 0.5) is 13.2 Å². The first-order chi connectivity index (χ1) is 23.8. The van der Waals surface area contributed by atoms with E-state index in [0.29, 0.717) is 18.4 Å². The minimum atomic E-state index is -4.29. The monoisotopic (exact) mass is 662 g/mol. The Labute approximate surface area is 287 Å². The second-order valence-electron chi connectivity index (χ2n) is 13.6. The fourth-order valence-electron chi connectivity index (χ4n) is 7.70. The molecule has 4 nitrogen and oxygen atoms in total. The van der Waals surface area contributed by atoms with Crippen molar-refractivity contribution in [2.75, 3.05) is 26.2 Å². The number of hydrogen-bond donors (Lipinski definition) is 2. The summed E-state index contributed by atoms with van der Waals surface area (Å²) in [4.78, 5) is 0. The molecular weight excluding hydrogens is 617 g/mol. The van der Waals surface area contributed by atoms with Gasteiger partial charge in [0.1, 0.15) is 0 Å². The highest BCUT2D eigenvalue weighted by Crippen LogP contribution is 2.35. The number of aryl methyl sites for hydroxylation is 1. The van der Waals surface area contributed by atoms with Gasteiger partial charge in [0, 0.05) is 47.3 Å². The van der Waals surface area contributed by atoms with E-state index >= 15 is 0 Å². The number of nitrogens with one attached hydrogen (secondary N) is 2. The summed E-state index contributed by atoms with van der Waals surface area (Å²) in [5.41, 5.74) is 8.44. The Morgan fingerprint density at radius 1 is 0.592 bits per heavy atom. The van der Waals surface area contributed by atoms with Crippen LogP contribution in [-0.4, -0.2) is 35.3 Å². The minimum Gasteiger partial charge on any atom is -0.343 e. The van der Waals surface area contributed by atoms with Gasteiger partial charge in [-0.1, -0.05) is 72.8 Å². The summed E-state index contributed by atoms with van der Waals surface area (Å²) in [6.45, 7) is 8.08. The second kappa shape index (κ2) is 14.7. The average molecular weight is 663 g/mol. The van der Waals surface area contributed by atoms with Crippen LogP contribution in [0.1, 0.15) is 70.9 Å². The average Bonchev–Trinajstić information content (AvgIpc) is 3.69. The fraction of sp³-hybridized carbons (Fsp3) is 0.333. The number of rotatable bonds is 6. The first kappa shape index (κ1) is 33.2. The van der Waals surface area contributed by atoms with Gasteiger partial charge in [-0.25, -0.2) is 0 Å². The molecule has 2 N–H and O–H groups in total. The number of piperidine rings is 2. The fourth-order valence-corrected chi connectivity index (χ4v) is 7.70. The maximum atomic E-state index is 12.8. The van der Waals surface area contributed by atoms with Crippen LogP contribution >= 0.6 is 0 Å². The summed E-state index contributed by atoms with van der Waals surface area (Å²) in [5, 5.41) is 9.57. The van der Waals surface area contributed by atoms with Crippen LogP contribution < -0.4 is 10.6 Å². The molecule has 4 aromatic carbocycles. The topological polar surface area (TPSA) is 33.9 Å². The van der Waals surface area contributed by atoms with E-state index in [4.69, 9.17) is 0 Å². The van der Waals surface area contributed by atoms with Gasteiger partial charge in [-0.2, -0.15) is 13.2 Å². The zero-order chi connectivity index (χ0) is 33.8. The van der Waals surface area contributed by atoms with E-state index in [2.05, 4.69) is 106 Å². The van der Waals surface area contributed by atoms with Crippen molar-refractivity contribution < 1.29 is 13.2 Å². The van der Waals surface area contributed by atoms with Crippen LogP contribution in [0.5, 0.6) is 0 Å². The van der Waals surface area contributed by atoms with Gasteiger partial charge in [-0.3, -0.25) is 0 Å². The Morgan fingerprint density at radius 3 is 1.57 bits per heavy atom. The number of nitrogens with zero attached hydrogens (tertiary/aromatic N) is 2. The van der Waals surface area contributed by atoms with Gasteiger partial charge in [0.05, 0.1) is 5.56 Å². The number of para-hydroxylation sites is 2. The van der Waals surface area contributed by atoms with E-state index in [-0.39, 0.29) is 0 Å². The van der Waals surface area contributed by atoms with Crippen LogP contribution in [0.2, 0.25) is 0 Å². The molecule has 2 aromatic heterocycles. The minimum absolute atomic E-state index is 0.537. The molecule has 0 aliphatic carbocycles. The Balaban J connectivity index is 0.000000155. The van der Waals surface area contributed by atoms with Crippen molar-refractivity contribution in [3.8, 4) is 0 Å². The third kappa shape index (κ3) is 7.48. The SMILES string of the molecule is Cc1ccccc1Cn1cc(C2CCNCC2)c2ccccc21.FC(F)(F)c1ccc(Cn2cc(C3CCNCC3)c3ccccc32)cc1. The van der Waals surface area contributed by atoms with Crippen molar-refractivity contribution in [3.63, 3.8) is 0 Å². The lowest BCUT2D eigenvalue weighted by Crippen LogP contribution is -2.26. The Hall–Kier alpha value is -4.33. The lowest BCUT2D eigenvalue weighted by molar-refractivity contribution is -0.137. The van der Waals surface area contributed by atoms with Gasteiger partial charge in [0.25, 0.3) is 0 Å². The molecule has 0 bridgehead atoms. The van der Waals surface area contributed by atoms with Gasteiger partial charge in [-0.05, 0) is 123 Å². The number of aromatic nitrogens is 2. The standard InChI is InChI=1S/C21H21F3N2.C21H24N2/c22-21(23,24)17-7-5-15(6-8-17)13-26-14-19(16-9-11-25-12-10-16)18-3-1-2-4-20(18)26;1-16-6-2-3-7-18(16)14-23-15-20(17-10-12-22-13-11-17)19-8-4-5-9-21(19)23/h1-8,14,16,25H,9-13H2;2-9,15,17,22H,10-14H2,1H3. The molecule has 0 radical (unpaired) electrons. The van der Waals surface area contributed by atoms with Crippen molar-refractivity contribution in [1.82, 2.24) is 19.8 Å². The molecule has 2 fully saturated rings. The van der Waals surface area contributed by atoms with Crippen LogP contribution in [0.25, 0.3) is 21.8 Å². The first-order valence-corrected chi connectivity index (χ1v) is 17.6. The molecule has 2 aliphatic heterocycles. The van der Waals surface area contributed by atoms with E-state index in [0.717, 1.165) is 68.8 Å². The molecule has 0 spiro atoms. The van der Waals surface area contributed by atoms with Gasteiger partial charge in [-0.15, -0.1) is 0 Å². The van der Waals surface area contributed by atoms with Crippen molar-refractivity contribution in [2.24, 2.45) is 0 Å². The molecular formula is C42H45F3N4. The zero-order valence-corrected chi connectivity index (χ0v) is 28.1. The lowest BCUT2D eigenvalue weighted by atomic mass is 9.90. The Kier molecular flexibility index (Phi) is 9.92. The number of benzene rings is 4. The third-order valence-electron chi connectivity index (χ3n) is 10.4. The molecule has 49 heavy (non-hydrogen) atoms. The highest BCUT2D eigenvalue weighted by atomic mass is 19.4. The molecule has 4 heterocycles. The summed E-state index contributed by atoms with van der Waals surface area (Å²) in [7, 11) is 0. The van der Waals surface area contributed by atoms with Crippen molar-refractivity contribution in [1.29, 1.82) is 0 Å². The summed E-state index contributed by atoms with van der Waals surface area (Å²) in [6.07, 6.45) is 5.05. The maximum Gasteiger partial charge on any atom is 0.416 e. The second-order valence-corrected chi connectivity index (χ2v) is 13.6. The largest absolute Gasteiger partial charge is 0.416 e. The third-order valence-corrected chi connectivity index (χ3v) is 10.4.